The largest absolute Gasteiger partial charge is 0.317 e. The normalized spacial score (nSPS) is 22.9. The molecular formula is C11H19N3S. The van der Waals surface area contributed by atoms with E-state index in [4.69, 9.17) is 0 Å². The van der Waals surface area contributed by atoms with Crippen LogP contribution in [0.4, 0.5) is 0 Å². The highest BCUT2D eigenvalue weighted by Crippen LogP contribution is 2.15. The number of hydrogen-bond donors (Lipinski definition) is 1. The first-order valence-electron chi connectivity index (χ1n) is 5.65. The molecule has 0 amide bonds. The van der Waals surface area contributed by atoms with Crippen molar-refractivity contribution >= 4 is 11.3 Å². The molecule has 2 heterocycles. The monoisotopic (exact) mass is 225 g/mol. The second-order valence-electron chi connectivity index (χ2n) is 4.18. The van der Waals surface area contributed by atoms with E-state index >= 15 is 0 Å². The first-order valence-corrected chi connectivity index (χ1v) is 6.53. The standard InChI is InChI=1S/C11H19N3S/c1-14(9-11-13-7-8-15-11)10-3-2-5-12-6-4-10/h7-8,10,12H,2-6,9H2,1H3. The number of rotatable bonds is 3. The molecule has 1 atom stereocenters. The van der Waals surface area contributed by atoms with E-state index in [9.17, 15) is 0 Å². The summed E-state index contributed by atoms with van der Waals surface area (Å²) in [7, 11) is 2.22. The van der Waals surface area contributed by atoms with Crippen LogP contribution in [0, 0.1) is 0 Å². The van der Waals surface area contributed by atoms with Gasteiger partial charge in [-0.2, -0.15) is 0 Å². The summed E-state index contributed by atoms with van der Waals surface area (Å²) in [6.45, 7) is 3.34. The molecule has 1 saturated heterocycles. The lowest BCUT2D eigenvalue weighted by atomic mass is 10.1. The number of aromatic nitrogens is 1. The molecule has 2 rings (SSSR count). The predicted molar refractivity (Wildman–Crippen MR) is 64.1 cm³/mol. The van der Waals surface area contributed by atoms with Gasteiger partial charge < -0.3 is 5.32 Å². The van der Waals surface area contributed by atoms with Gasteiger partial charge in [-0.3, -0.25) is 4.90 Å². The SMILES string of the molecule is CN(Cc1nccs1)C1CCCNCC1. The molecule has 1 fully saturated rings. The lowest BCUT2D eigenvalue weighted by Gasteiger charge is -2.25. The van der Waals surface area contributed by atoms with Crippen LogP contribution in [-0.4, -0.2) is 36.1 Å². The van der Waals surface area contributed by atoms with Crippen molar-refractivity contribution in [1.82, 2.24) is 15.2 Å². The van der Waals surface area contributed by atoms with Crippen molar-refractivity contribution < 1.29 is 0 Å². The van der Waals surface area contributed by atoms with Crippen molar-refractivity contribution in [2.45, 2.75) is 31.8 Å². The Morgan fingerprint density at radius 1 is 1.53 bits per heavy atom. The van der Waals surface area contributed by atoms with Crippen molar-refractivity contribution in [3.8, 4) is 0 Å². The molecule has 0 bridgehead atoms. The molecule has 0 radical (unpaired) electrons. The molecule has 15 heavy (non-hydrogen) atoms. The highest BCUT2D eigenvalue weighted by atomic mass is 32.1. The topological polar surface area (TPSA) is 28.2 Å². The Labute approximate surface area is 95.5 Å². The van der Waals surface area contributed by atoms with E-state index in [-0.39, 0.29) is 0 Å². The van der Waals surface area contributed by atoms with Crippen molar-refractivity contribution in [3.63, 3.8) is 0 Å². The summed E-state index contributed by atoms with van der Waals surface area (Å²) in [5.74, 6) is 0. The Balaban J connectivity index is 1.86. The summed E-state index contributed by atoms with van der Waals surface area (Å²) in [6.07, 6.45) is 5.77. The van der Waals surface area contributed by atoms with Gasteiger partial charge in [0.05, 0.1) is 6.54 Å². The molecule has 4 heteroatoms. The smallest absolute Gasteiger partial charge is 0.107 e. The zero-order valence-electron chi connectivity index (χ0n) is 9.28. The fourth-order valence-corrected chi connectivity index (χ4v) is 2.79. The van der Waals surface area contributed by atoms with Crippen molar-refractivity contribution in [2.75, 3.05) is 20.1 Å². The summed E-state index contributed by atoms with van der Waals surface area (Å²) in [4.78, 5) is 6.79. The van der Waals surface area contributed by atoms with Crippen LogP contribution in [0.5, 0.6) is 0 Å². The van der Waals surface area contributed by atoms with Crippen molar-refractivity contribution in [3.05, 3.63) is 16.6 Å². The lowest BCUT2D eigenvalue weighted by Crippen LogP contribution is -2.31. The summed E-state index contributed by atoms with van der Waals surface area (Å²) >= 11 is 1.75. The molecule has 1 aliphatic rings. The van der Waals surface area contributed by atoms with Gasteiger partial charge in [-0.1, -0.05) is 0 Å². The first kappa shape index (κ1) is 11.0. The fourth-order valence-electron chi connectivity index (χ4n) is 2.11. The third-order valence-corrected chi connectivity index (χ3v) is 3.80. The minimum atomic E-state index is 0.726. The Bertz CT molecular complexity index is 265. The van der Waals surface area contributed by atoms with E-state index in [0.717, 1.165) is 19.1 Å². The number of hydrogen-bond acceptors (Lipinski definition) is 4. The summed E-state index contributed by atoms with van der Waals surface area (Å²) in [6, 6.07) is 0.726. The Morgan fingerprint density at radius 3 is 3.27 bits per heavy atom. The van der Waals surface area contributed by atoms with Crippen LogP contribution >= 0.6 is 11.3 Å². The highest BCUT2D eigenvalue weighted by molar-refractivity contribution is 7.09. The van der Waals surface area contributed by atoms with Crippen LogP contribution in [0.3, 0.4) is 0 Å². The molecule has 3 nitrogen and oxygen atoms in total. The van der Waals surface area contributed by atoms with Crippen LogP contribution < -0.4 is 5.32 Å². The van der Waals surface area contributed by atoms with E-state index in [1.165, 1.54) is 30.8 Å². The van der Waals surface area contributed by atoms with Crippen molar-refractivity contribution in [1.29, 1.82) is 0 Å². The Hall–Kier alpha value is -0.450. The third-order valence-electron chi connectivity index (χ3n) is 3.04. The van der Waals surface area contributed by atoms with Gasteiger partial charge in [0.2, 0.25) is 0 Å². The number of nitrogens with one attached hydrogen (secondary N) is 1. The molecule has 0 aliphatic carbocycles. The zero-order chi connectivity index (χ0) is 10.5. The Kier molecular flexibility index (Phi) is 4.11. The molecule has 84 valence electrons. The summed E-state index contributed by atoms with van der Waals surface area (Å²) < 4.78 is 0. The fraction of sp³-hybridized carbons (Fsp3) is 0.727. The molecule has 0 aromatic carbocycles. The number of nitrogens with zero attached hydrogens (tertiary/aromatic N) is 2. The van der Waals surface area contributed by atoms with Crippen molar-refractivity contribution in [2.24, 2.45) is 0 Å². The van der Waals surface area contributed by atoms with E-state index in [1.807, 2.05) is 6.20 Å². The van der Waals surface area contributed by atoms with E-state index in [1.54, 1.807) is 11.3 Å². The van der Waals surface area contributed by atoms with Gasteiger partial charge in [0.1, 0.15) is 5.01 Å². The van der Waals surface area contributed by atoms with Crippen LogP contribution in [0.15, 0.2) is 11.6 Å². The van der Waals surface area contributed by atoms with Gasteiger partial charge in [0, 0.05) is 17.6 Å². The maximum absolute atomic E-state index is 4.34. The van der Waals surface area contributed by atoms with Gasteiger partial charge in [-0.15, -0.1) is 11.3 Å². The average molecular weight is 225 g/mol. The van der Waals surface area contributed by atoms with Gasteiger partial charge in [0.25, 0.3) is 0 Å². The minimum Gasteiger partial charge on any atom is -0.317 e. The van der Waals surface area contributed by atoms with Gasteiger partial charge in [-0.25, -0.2) is 4.98 Å². The second kappa shape index (κ2) is 5.58. The maximum atomic E-state index is 4.34. The summed E-state index contributed by atoms with van der Waals surface area (Å²) in [5.41, 5.74) is 0. The van der Waals surface area contributed by atoms with Crippen LogP contribution in [0.25, 0.3) is 0 Å². The molecule has 0 spiro atoms. The second-order valence-corrected chi connectivity index (χ2v) is 5.15. The summed E-state index contributed by atoms with van der Waals surface area (Å²) in [5, 5.41) is 6.74. The van der Waals surface area contributed by atoms with Crippen LogP contribution in [-0.2, 0) is 6.54 Å². The van der Waals surface area contributed by atoms with Gasteiger partial charge in [0.15, 0.2) is 0 Å². The molecule has 0 saturated carbocycles. The Morgan fingerprint density at radius 2 is 2.47 bits per heavy atom. The third kappa shape index (κ3) is 3.26. The molecule has 1 aromatic heterocycles. The van der Waals surface area contributed by atoms with E-state index < -0.39 is 0 Å². The zero-order valence-corrected chi connectivity index (χ0v) is 10.1. The molecular weight excluding hydrogens is 206 g/mol. The average Bonchev–Trinajstić information content (AvgIpc) is 2.58. The lowest BCUT2D eigenvalue weighted by molar-refractivity contribution is 0.216. The highest BCUT2D eigenvalue weighted by Gasteiger charge is 2.17. The first-order chi connectivity index (χ1) is 7.36. The van der Waals surface area contributed by atoms with E-state index in [0.29, 0.717) is 0 Å². The minimum absolute atomic E-state index is 0.726. The molecule has 1 unspecified atom stereocenters. The predicted octanol–water partition coefficient (Wildman–Crippen LogP) is 1.72. The quantitative estimate of drug-likeness (QED) is 0.849. The molecule has 1 N–H and O–H groups in total. The van der Waals surface area contributed by atoms with Gasteiger partial charge >= 0.3 is 0 Å². The van der Waals surface area contributed by atoms with Gasteiger partial charge in [-0.05, 0) is 39.4 Å². The molecule has 1 aromatic rings. The van der Waals surface area contributed by atoms with Crippen LogP contribution in [0.1, 0.15) is 24.3 Å². The maximum Gasteiger partial charge on any atom is 0.107 e. The number of thiazole rings is 1. The van der Waals surface area contributed by atoms with E-state index in [2.05, 4.69) is 27.6 Å². The van der Waals surface area contributed by atoms with Crippen LogP contribution in [0.2, 0.25) is 0 Å². The molecule has 1 aliphatic heterocycles.